The van der Waals surface area contributed by atoms with Crippen molar-refractivity contribution < 1.29 is 14.5 Å². The average Bonchev–Trinajstić information content (AvgIpc) is 2.87. The molecule has 0 spiro atoms. The van der Waals surface area contributed by atoms with Gasteiger partial charge in [0.25, 0.3) is 17.5 Å². The first kappa shape index (κ1) is 19.1. The van der Waals surface area contributed by atoms with Crippen molar-refractivity contribution >= 4 is 23.2 Å². The third-order valence-electron chi connectivity index (χ3n) is 5.50. The van der Waals surface area contributed by atoms with Crippen molar-refractivity contribution in [2.24, 2.45) is 0 Å². The van der Waals surface area contributed by atoms with Crippen LogP contribution in [-0.4, -0.2) is 59.4 Å². The molecule has 2 heterocycles. The maximum atomic E-state index is 12.8. The Morgan fingerprint density at radius 2 is 1.72 bits per heavy atom. The van der Waals surface area contributed by atoms with Crippen LogP contribution in [0.2, 0.25) is 0 Å². The molecule has 0 aliphatic carbocycles. The van der Waals surface area contributed by atoms with Crippen molar-refractivity contribution in [2.75, 3.05) is 37.7 Å². The number of benzene rings is 2. The first-order chi connectivity index (χ1) is 14.0. The fraction of sp³-hybridized carbons (Fsp3) is 0.333. The molecule has 1 saturated heterocycles. The van der Waals surface area contributed by atoms with Crippen LogP contribution in [0.4, 0.5) is 11.4 Å². The Morgan fingerprint density at radius 1 is 0.966 bits per heavy atom. The minimum atomic E-state index is -0.612. The van der Waals surface area contributed by atoms with Gasteiger partial charge in [-0.15, -0.1) is 0 Å². The van der Waals surface area contributed by atoms with Crippen molar-refractivity contribution in [3.8, 4) is 0 Å². The van der Waals surface area contributed by atoms with Crippen LogP contribution in [0, 0.1) is 17.0 Å². The maximum Gasteiger partial charge on any atom is 0.282 e. The Labute approximate surface area is 168 Å². The number of hydrogen-bond donors (Lipinski definition) is 0. The van der Waals surface area contributed by atoms with E-state index in [4.69, 9.17) is 0 Å². The molecule has 2 aliphatic rings. The van der Waals surface area contributed by atoms with Crippen molar-refractivity contribution in [1.29, 1.82) is 0 Å². The van der Waals surface area contributed by atoms with Gasteiger partial charge in [0, 0.05) is 37.9 Å². The van der Waals surface area contributed by atoms with Gasteiger partial charge in [0.2, 0.25) is 0 Å². The summed E-state index contributed by atoms with van der Waals surface area (Å²) in [5.41, 5.74) is 2.07. The molecular weight excluding hydrogens is 372 g/mol. The topological polar surface area (TPSA) is 87.0 Å². The molecule has 0 radical (unpaired) electrons. The third kappa shape index (κ3) is 3.58. The molecule has 8 heteroatoms. The van der Waals surface area contributed by atoms with Crippen LogP contribution in [0.1, 0.15) is 32.7 Å². The van der Waals surface area contributed by atoms with Crippen molar-refractivity contribution in [3.05, 3.63) is 69.3 Å². The second-order valence-electron chi connectivity index (χ2n) is 7.43. The Morgan fingerprint density at radius 3 is 2.45 bits per heavy atom. The maximum absolute atomic E-state index is 12.8. The van der Waals surface area contributed by atoms with Gasteiger partial charge >= 0.3 is 0 Å². The quantitative estimate of drug-likeness (QED) is 0.450. The largest absolute Gasteiger partial charge is 0.370 e. The Bertz CT molecular complexity index is 973. The summed E-state index contributed by atoms with van der Waals surface area (Å²) in [5, 5.41) is 11.3. The molecule has 0 bridgehead atoms. The minimum absolute atomic E-state index is 0.0985. The van der Waals surface area contributed by atoms with Crippen LogP contribution in [0.5, 0.6) is 0 Å². The highest BCUT2D eigenvalue weighted by Gasteiger charge is 2.41. The number of rotatable bonds is 4. The molecule has 8 nitrogen and oxygen atoms in total. The lowest BCUT2D eigenvalue weighted by molar-refractivity contribution is -0.385. The summed E-state index contributed by atoms with van der Waals surface area (Å²) in [4.78, 5) is 41.6. The predicted octanol–water partition coefficient (Wildman–Crippen LogP) is 2.67. The van der Waals surface area contributed by atoms with Crippen LogP contribution in [0.3, 0.4) is 0 Å². The second-order valence-corrected chi connectivity index (χ2v) is 7.43. The standard InChI is InChI=1S/C21H22N4O4/c1-15-6-8-16(9-7-15)23-11-3-10-22(12-13-23)14-24-20(26)17-4-2-5-18(25(28)29)19(17)21(24)27/h2,4-9H,3,10-14H2,1H3. The molecule has 0 unspecified atom stereocenters. The molecular formula is C21H22N4O4. The Balaban J connectivity index is 1.47. The van der Waals surface area contributed by atoms with E-state index >= 15 is 0 Å². The van der Waals surface area contributed by atoms with Crippen molar-refractivity contribution in [2.45, 2.75) is 13.3 Å². The minimum Gasteiger partial charge on any atom is -0.370 e. The van der Waals surface area contributed by atoms with E-state index in [1.54, 1.807) is 0 Å². The summed E-state index contributed by atoms with van der Waals surface area (Å²) in [6.45, 7) is 5.33. The van der Waals surface area contributed by atoms with Gasteiger partial charge in [-0.1, -0.05) is 23.8 Å². The van der Waals surface area contributed by atoms with E-state index in [1.165, 1.54) is 23.8 Å². The molecule has 0 saturated carbocycles. The van der Waals surface area contributed by atoms with Gasteiger partial charge in [-0.05, 0) is 31.5 Å². The van der Waals surface area contributed by atoms with E-state index in [-0.39, 0.29) is 23.5 Å². The van der Waals surface area contributed by atoms with E-state index in [0.29, 0.717) is 6.54 Å². The lowest BCUT2D eigenvalue weighted by Crippen LogP contribution is -2.42. The van der Waals surface area contributed by atoms with E-state index in [2.05, 4.69) is 41.0 Å². The molecule has 0 N–H and O–H groups in total. The van der Waals surface area contributed by atoms with E-state index in [1.807, 2.05) is 0 Å². The normalized spacial score (nSPS) is 17.4. The number of nitro benzene ring substituents is 1. The molecule has 1 fully saturated rings. The van der Waals surface area contributed by atoms with E-state index < -0.39 is 16.7 Å². The highest BCUT2D eigenvalue weighted by Crippen LogP contribution is 2.31. The van der Waals surface area contributed by atoms with Crippen LogP contribution < -0.4 is 4.90 Å². The van der Waals surface area contributed by atoms with E-state index in [9.17, 15) is 19.7 Å². The molecule has 2 amide bonds. The SMILES string of the molecule is Cc1ccc(N2CCCN(CN3C(=O)c4cccc([N+](=O)[O-])c4C3=O)CC2)cc1. The number of anilines is 1. The van der Waals surface area contributed by atoms with Crippen LogP contribution in [-0.2, 0) is 0 Å². The second kappa shape index (κ2) is 7.63. The molecule has 150 valence electrons. The molecule has 2 aromatic carbocycles. The van der Waals surface area contributed by atoms with Gasteiger partial charge in [-0.25, -0.2) is 0 Å². The van der Waals surface area contributed by atoms with Gasteiger partial charge in [0.05, 0.1) is 17.2 Å². The predicted molar refractivity (Wildman–Crippen MR) is 108 cm³/mol. The first-order valence-corrected chi connectivity index (χ1v) is 9.63. The highest BCUT2D eigenvalue weighted by atomic mass is 16.6. The number of aryl methyl sites for hydroxylation is 1. The van der Waals surface area contributed by atoms with Gasteiger partial charge < -0.3 is 4.90 Å². The summed E-state index contributed by atoms with van der Waals surface area (Å²) >= 11 is 0. The number of hydrogen-bond acceptors (Lipinski definition) is 6. The number of amides is 2. The summed E-state index contributed by atoms with van der Waals surface area (Å²) in [5.74, 6) is -1.05. The molecule has 29 heavy (non-hydrogen) atoms. The summed E-state index contributed by atoms with van der Waals surface area (Å²) < 4.78 is 0. The Hall–Kier alpha value is -3.26. The van der Waals surface area contributed by atoms with Crippen molar-refractivity contribution in [3.63, 3.8) is 0 Å². The summed E-state index contributed by atoms with van der Waals surface area (Å²) in [7, 11) is 0. The smallest absolute Gasteiger partial charge is 0.282 e. The first-order valence-electron chi connectivity index (χ1n) is 9.63. The molecule has 2 aromatic rings. The molecule has 0 atom stereocenters. The van der Waals surface area contributed by atoms with Gasteiger partial charge in [0.1, 0.15) is 5.56 Å². The lowest BCUT2D eigenvalue weighted by atomic mass is 10.1. The summed E-state index contributed by atoms with van der Waals surface area (Å²) in [6.07, 6.45) is 0.900. The van der Waals surface area contributed by atoms with Crippen LogP contribution >= 0.6 is 0 Å². The number of fused-ring (bicyclic) bond motifs is 1. The zero-order valence-corrected chi connectivity index (χ0v) is 16.2. The molecule has 4 rings (SSSR count). The fourth-order valence-electron chi connectivity index (χ4n) is 3.92. The third-order valence-corrected chi connectivity index (χ3v) is 5.50. The molecule has 2 aliphatic heterocycles. The number of carbonyl (C=O) groups is 2. The van der Waals surface area contributed by atoms with Crippen LogP contribution in [0.25, 0.3) is 0 Å². The zero-order valence-electron chi connectivity index (χ0n) is 16.2. The Kier molecular flexibility index (Phi) is 5.02. The zero-order chi connectivity index (χ0) is 20.5. The van der Waals surface area contributed by atoms with Gasteiger partial charge in [-0.3, -0.25) is 29.5 Å². The number of imide groups is 1. The summed E-state index contributed by atoms with van der Waals surface area (Å²) in [6, 6.07) is 12.6. The van der Waals surface area contributed by atoms with E-state index in [0.717, 1.165) is 36.6 Å². The monoisotopic (exact) mass is 394 g/mol. The van der Waals surface area contributed by atoms with Gasteiger partial charge in [0.15, 0.2) is 0 Å². The number of nitro groups is 1. The average molecular weight is 394 g/mol. The molecule has 0 aromatic heterocycles. The lowest BCUT2D eigenvalue weighted by Gasteiger charge is -2.26. The van der Waals surface area contributed by atoms with Crippen LogP contribution in [0.15, 0.2) is 42.5 Å². The highest BCUT2D eigenvalue weighted by molar-refractivity contribution is 6.23. The number of carbonyl (C=O) groups excluding carboxylic acids is 2. The van der Waals surface area contributed by atoms with Gasteiger partial charge in [-0.2, -0.15) is 0 Å². The fourth-order valence-corrected chi connectivity index (χ4v) is 3.92. The number of nitrogens with zero attached hydrogens (tertiary/aromatic N) is 4. The van der Waals surface area contributed by atoms with Crippen molar-refractivity contribution in [1.82, 2.24) is 9.80 Å².